The number of hydrogen-bond acceptors (Lipinski definition) is 24. The molecule has 90 heavy (non-hydrogen) atoms. The van der Waals surface area contributed by atoms with E-state index in [1.165, 1.54) is 55.8 Å². The number of aliphatic hydroxyl groups is 1. The van der Waals surface area contributed by atoms with E-state index < -0.39 is 109 Å². The Morgan fingerprint density at radius 3 is 2.11 bits per heavy atom. The zero-order valence-corrected chi connectivity index (χ0v) is 52.3. The summed E-state index contributed by atoms with van der Waals surface area (Å²) in [7, 11) is 0. The third-order valence-electron chi connectivity index (χ3n) is 14.8. The number of aliphatic carboxylic acids is 1. The van der Waals surface area contributed by atoms with Gasteiger partial charge in [0.15, 0.2) is 5.78 Å². The van der Waals surface area contributed by atoms with E-state index in [1.807, 2.05) is 0 Å². The fraction of sp³-hybridized carbons (Fsp3) is 0.271. The number of ether oxygens (including phenoxy) is 1. The van der Waals surface area contributed by atoms with Crippen LogP contribution >= 0.6 is 68.0 Å². The van der Waals surface area contributed by atoms with Gasteiger partial charge >= 0.3 is 5.97 Å². The van der Waals surface area contributed by atoms with Gasteiger partial charge in [0.25, 0.3) is 17.7 Å². The van der Waals surface area contributed by atoms with Gasteiger partial charge in [0.1, 0.15) is 83.3 Å². The van der Waals surface area contributed by atoms with Gasteiger partial charge in [-0.1, -0.05) is 49.4 Å². The van der Waals surface area contributed by atoms with E-state index in [4.69, 9.17) is 46.1 Å². The number of nitrogens with zero attached hydrogens (tertiary/aromatic N) is 8. The molecule has 2 aromatic carbocycles. The first-order valence-corrected chi connectivity index (χ1v) is 32.9. The highest BCUT2D eigenvalue weighted by atomic mass is 32.1. The number of fused-ring (bicyclic) bond motifs is 16. The van der Waals surface area contributed by atoms with Gasteiger partial charge in [-0.15, -0.1) is 68.0 Å². The molecule has 25 nitrogen and oxygen atoms in total. The average molecular weight is 1330 g/mol. The Hall–Kier alpha value is -8.95. The van der Waals surface area contributed by atoms with Gasteiger partial charge in [-0.2, -0.15) is 0 Å². The summed E-state index contributed by atoms with van der Waals surface area (Å²) < 4.78 is 6.37. The lowest BCUT2D eigenvalue weighted by molar-refractivity contribution is -0.137. The Bertz CT molecular complexity index is 4220. The minimum atomic E-state index is -1.29. The maximum absolute atomic E-state index is 15.3. The largest absolute Gasteiger partial charge is 0.508 e. The number of ketones is 1. The van der Waals surface area contributed by atoms with Crippen LogP contribution in [0, 0.1) is 12.8 Å². The average Bonchev–Trinajstić information content (AvgIpc) is 1.97. The third kappa shape index (κ3) is 13.9. The number of aliphatic hydroxyl groups excluding tert-OH is 1. The SMILES string of the molecule is Cc1sc2nc1C(=O)C[C@@H]([C@H](OCC(=O)NCCC(=O)O)c1ccccc1)c1nc(cs1)C(=O)N[C@@H](Cc1ccc(O)cc1)C(=O)N1C[C@H](O)[C@H](C)[C@H]1c1nc(cs1)-c1nc(cs1)-c1nc(-c3nc(C(N)=O)cs3)ccc1-c1nc(cs1)C(=O)N[C@H]2CC(N)=O. The number of nitrogens with one attached hydrogen (secondary N) is 3. The summed E-state index contributed by atoms with van der Waals surface area (Å²) in [6, 6.07) is 15.0. The topological polar surface area (TPSA) is 388 Å². The van der Waals surface area contributed by atoms with Crippen molar-refractivity contribution in [2.24, 2.45) is 17.4 Å². The number of primary amides is 2. The summed E-state index contributed by atoms with van der Waals surface area (Å²) in [5, 5.41) is 49.4. The Kier molecular flexibility index (Phi) is 18.8. The van der Waals surface area contributed by atoms with Crippen molar-refractivity contribution in [2.75, 3.05) is 19.7 Å². The number of thiazole rings is 6. The predicted octanol–water partition coefficient (Wildman–Crippen LogP) is 6.89. The number of benzene rings is 2. The molecule has 2 aliphatic heterocycles. The van der Waals surface area contributed by atoms with Crippen LogP contribution in [-0.4, -0.2) is 134 Å². The molecule has 0 spiro atoms. The molecule has 462 valence electrons. The maximum Gasteiger partial charge on any atom is 0.305 e. The molecule has 0 radical (unpaired) electrons. The van der Waals surface area contributed by atoms with Gasteiger partial charge in [-0.05, 0) is 42.3 Å². The second-order valence-corrected chi connectivity index (χ2v) is 26.6. The minimum absolute atomic E-state index is 0.0243. The fourth-order valence-electron chi connectivity index (χ4n) is 10.3. The molecular formula is C59H53N13O12S6. The summed E-state index contributed by atoms with van der Waals surface area (Å²) in [5.41, 5.74) is 14.3. The number of rotatable bonds is 14. The van der Waals surface area contributed by atoms with Crippen LogP contribution in [0.4, 0.5) is 0 Å². The molecule has 1 saturated heterocycles. The Morgan fingerprint density at radius 1 is 0.722 bits per heavy atom. The van der Waals surface area contributed by atoms with Crippen molar-refractivity contribution in [3.63, 3.8) is 0 Å². The van der Waals surface area contributed by atoms with Crippen molar-refractivity contribution in [2.45, 2.75) is 75.8 Å². The lowest BCUT2D eigenvalue weighted by atomic mass is 9.90. The number of hydrogen-bond donors (Lipinski definition) is 8. The summed E-state index contributed by atoms with van der Waals surface area (Å²) in [6.45, 7) is 2.55. The summed E-state index contributed by atoms with van der Waals surface area (Å²) in [4.78, 5) is 144. The van der Waals surface area contributed by atoms with E-state index in [0.717, 1.165) is 45.3 Å². The van der Waals surface area contributed by atoms with Crippen LogP contribution in [0.15, 0.2) is 93.6 Å². The summed E-state index contributed by atoms with van der Waals surface area (Å²) >= 11 is 6.86. The van der Waals surface area contributed by atoms with E-state index in [0.29, 0.717) is 64.4 Å². The number of Topliss-reactive ketones (excluding diaryl/α,β-unsaturated/α-hetero) is 1. The molecule has 1 fully saturated rings. The number of carboxylic acid groups (broad SMARTS) is 1. The monoisotopic (exact) mass is 1330 g/mol. The first kappa shape index (κ1) is 62.6. The maximum atomic E-state index is 15.3. The number of amides is 6. The molecule has 9 aromatic rings. The molecule has 0 unspecified atom stereocenters. The molecule has 10 N–H and O–H groups in total. The third-order valence-corrected chi connectivity index (χ3v) is 20.4. The molecule has 6 amide bonds. The second kappa shape index (κ2) is 27.0. The van der Waals surface area contributed by atoms with Crippen LogP contribution in [0.25, 0.3) is 43.4 Å². The molecule has 31 heteroatoms. The van der Waals surface area contributed by atoms with Crippen molar-refractivity contribution < 1.29 is 58.4 Å². The number of aromatic nitrogens is 7. The number of carboxylic acids is 1. The van der Waals surface area contributed by atoms with Crippen LogP contribution in [-0.2, 0) is 30.3 Å². The lowest BCUT2D eigenvalue weighted by Gasteiger charge is -2.29. The number of pyridine rings is 1. The number of carbonyl (C=O) groups excluding carboxylic acids is 7. The van der Waals surface area contributed by atoms with Crippen LogP contribution in [0.1, 0.15) is 123 Å². The van der Waals surface area contributed by atoms with Gasteiger partial charge in [-0.3, -0.25) is 38.4 Å². The molecule has 11 rings (SSSR count). The van der Waals surface area contributed by atoms with Crippen molar-refractivity contribution in [1.29, 1.82) is 0 Å². The molecule has 0 aliphatic carbocycles. The van der Waals surface area contributed by atoms with Gasteiger partial charge in [0.05, 0.1) is 47.8 Å². The smallest absolute Gasteiger partial charge is 0.305 e. The molecular weight excluding hydrogens is 1280 g/mol. The second-order valence-electron chi connectivity index (χ2n) is 21.0. The van der Waals surface area contributed by atoms with Crippen molar-refractivity contribution in [3.8, 4) is 49.1 Å². The fourth-order valence-corrected chi connectivity index (χ4v) is 15.7. The van der Waals surface area contributed by atoms with E-state index in [1.54, 1.807) is 79.2 Å². The first-order chi connectivity index (χ1) is 43.2. The summed E-state index contributed by atoms with van der Waals surface area (Å²) in [5.74, 6) is -7.51. The summed E-state index contributed by atoms with van der Waals surface area (Å²) in [6.07, 6.45) is -3.37. The van der Waals surface area contributed by atoms with Crippen LogP contribution in [0.3, 0.4) is 0 Å². The lowest BCUT2D eigenvalue weighted by Crippen LogP contribution is -2.50. The Morgan fingerprint density at radius 2 is 1.38 bits per heavy atom. The van der Waals surface area contributed by atoms with E-state index in [9.17, 15) is 44.1 Å². The standard InChI is InChI=1S/C59H53N13O12S6/c1-26-42(75)19-72-48(26)58-70-40(25-89-58)56-66-36(21-87-56)47-31(12-13-33(63-47)55-67-37(22-88-55)50(61)80)53-68-38(23-85-53)51(81)64-34(18-43(60)76)57-71-46(27(2)90-57)41(74)17-32(49(29-6-4-3-5-7-29)84-20-44(77)62-15-14-45(78)79)54-69-39(24-86-54)52(82)65-35(59(72)83)16-28-8-10-30(73)11-9-28/h3-13,21-26,32,34-35,42,48-49,73,75H,14-20H2,1-2H3,(H2,60,76)(H2,61,80)(H,62,77)(H,64,81)(H,65,82)(H,78,79)/t26-,32-,34-,35-,42-,48-,49+/m0/s1. The van der Waals surface area contributed by atoms with E-state index in [-0.39, 0.29) is 64.5 Å². The van der Waals surface area contributed by atoms with Gasteiger partial charge in [0, 0.05) is 75.1 Å². The zero-order chi connectivity index (χ0) is 63.5. The van der Waals surface area contributed by atoms with Gasteiger partial charge < -0.3 is 52.4 Å². The highest BCUT2D eigenvalue weighted by Gasteiger charge is 2.46. The normalized spacial score (nSPS) is 19.1. The predicted molar refractivity (Wildman–Crippen MR) is 335 cm³/mol. The van der Waals surface area contributed by atoms with Crippen molar-refractivity contribution in [3.05, 3.63) is 147 Å². The van der Waals surface area contributed by atoms with Crippen LogP contribution in [0.2, 0.25) is 0 Å². The molecule has 7 atom stereocenters. The van der Waals surface area contributed by atoms with E-state index in [2.05, 4.69) is 20.9 Å². The Labute approximate surface area is 535 Å². The number of nitrogens with two attached hydrogens (primary N) is 2. The number of carbonyl (C=O) groups is 8. The van der Waals surface area contributed by atoms with E-state index >= 15 is 9.59 Å². The van der Waals surface area contributed by atoms with Crippen molar-refractivity contribution >= 4 is 115 Å². The number of aromatic hydroxyl groups is 1. The molecule has 9 heterocycles. The quantitative estimate of drug-likeness (QED) is 0.0549. The first-order valence-electron chi connectivity index (χ1n) is 27.7. The van der Waals surface area contributed by atoms with Crippen LogP contribution in [0.5, 0.6) is 5.75 Å². The number of phenols is 1. The molecule has 7 aromatic heterocycles. The number of phenolic OH excluding ortho intramolecular Hbond substituents is 1. The highest BCUT2D eigenvalue weighted by molar-refractivity contribution is 7.15. The van der Waals surface area contributed by atoms with Gasteiger partial charge in [0.2, 0.25) is 17.7 Å². The van der Waals surface area contributed by atoms with Gasteiger partial charge in [-0.25, -0.2) is 34.9 Å². The zero-order valence-electron chi connectivity index (χ0n) is 47.4. The van der Waals surface area contributed by atoms with Crippen LogP contribution < -0.4 is 27.4 Å². The molecule has 10 bridgehead atoms. The Balaban J connectivity index is 1.02. The molecule has 0 saturated carbocycles. The van der Waals surface area contributed by atoms with Crippen molar-refractivity contribution in [1.82, 2.24) is 55.7 Å². The highest BCUT2D eigenvalue weighted by Crippen LogP contribution is 2.44. The molecule has 2 aliphatic rings. The number of aryl methyl sites for hydroxylation is 1. The minimum Gasteiger partial charge on any atom is -0.508 e.